The van der Waals surface area contributed by atoms with E-state index in [4.69, 9.17) is 9.47 Å². The molecule has 278 valence electrons. The molecule has 0 radical (unpaired) electrons. The van der Waals surface area contributed by atoms with Gasteiger partial charge in [-0.2, -0.15) is 0 Å². The number of rotatable bonds is 31. The third kappa shape index (κ3) is 21.1. The minimum atomic E-state index is -0.318. The lowest BCUT2D eigenvalue weighted by Crippen LogP contribution is -2.40. The molecule has 0 unspecified atom stereocenters. The first-order valence-electron chi connectivity index (χ1n) is 21.2. The van der Waals surface area contributed by atoms with Crippen LogP contribution in [0.4, 0.5) is 0 Å². The van der Waals surface area contributed by atoms with Crippen LogP contribution in [0.2, 0.25) is 0 Å². The zero-order valence-corrected chi connectivity index (χ0v) is 32.6. The fourth-order valence-electron chi connectivity index (χ4n) is 7.51. The van der Waals surface area contributed by atoms with Gasteiger partial charge in [0.15, 0.2) is 5.79 Å². The third-order valence-electron chi connectivity index (χ3n) is 10.7. The molecule has 1 heterocycles. The average molecular weight is 668 g/mol. The minimum absolute atomic E-state index is 0.292. The summed E-state index contributed by atoms with van der Waals surface area (Å²) in [6.45, 7) is 4.54. The largest absolute Gasteiger partial charge is 0.344 e. The highest BCUT2D eigenvalue weighted by Crippen LogP contribution is 2.43. The summed E-state index contributed by atoms with van der Waals surface area (Å²) < 4.78 is 13.8. The van der Waals surface area contributed by atoms with Crippen molar-refractivity contribution in [3.05, 3.63) is 48.6 Å². The first kappa shape index (κ1) is 43.0. The summed E-state index contributed by atoms with van der Waals surface area (Å²) in [5, 5.41) is 0. The van der Waals surface area contributed by atoms with Gasteiger partial charge in [0.05, 0.1) is 12.2 Å². The quantitative estimate of drug-likeness (QED) is 0.0542. The molecule has 0 aromatic rings. The molecule has 0 bridgehead atoms. The SMILES string of the molecule is CCCCC/C=C\C/C=C\CCCCCCCCC1(CCCCCCCC/C=C\C/C=C\CCCCC)O[C@H]2C[C@@H](N(C)C)CC[C@H]2O1. The van der Waals surface area contributed by atoms with Gasteiger partial charge in [-0.1, -0.05) is 140 Å². The van der Waals surface area contributed by atoms with Gasteiger partial charge in [-0.15, -0.1) is 0 Å². The molecule has 2 fully saturated rings. The molecule has 48 heavy (non-hydrogen) atoms. The Morgan fingerprint density at radius 3 is 1.31 bits per heavy atom. The van der Waals surface area contributed by atoms with Gasteiger partial charge >= 0.3 is 0 Å². The molecular weight excluding hydrogens is 587 g/mol. The van der Waals surface area contributed by atoms with Gasteiger partial charge in [0.2, 0.25) is 0 Å². The van der Waals surface area contributed by atoms with Gasteiger partial charge in [-0.3, -0.25) is 0 Å². The smallest absolute Gasteiger partial charge is 0.169 e. The Labute approximate surface area is 300 Å². The second-order valence-corrected chi connectivity index (χ2v) is 15.3. The van der Waals surface area contributed by atoms with Gasteiger partial charge in [0, 0.05) is 18.9 Å². The summed E-state index contributed by atoms with van der Waals surface area (Å²) in [5.74, 6) is -0.318. The Morgan fingerprint density at radius 1 is 0.479 bits per heavy atom. The Morgan fingerprint density at radius 2 is 0.875 bits per heavy atom. The molecule has 3 atom stereocenters. The first-order valence-corrected chi connectivity index (χ1v) is 21.2. The molecule has 1 aliphatic heterocycles. The summed E-state index contributed by atoms with van der Waals surface area (Å²) in [6.07, 6.45) is 56.3. The van der Waals surface area contributed by atoms with Crippen LogP contribution in [0.15, 0.2) is 48.6 Å². The van der Waals surface area contributed by atoms with Crippen molar-refractivity contribution in [2.24, 2.45) is 0 Å². The van der Waals surface area contributed by atoms with Crippen molar-refractivity contribution in [1.29, 1.82) is 0 Å². The first-order chi connectivity index (χ1) is 23.6. The molecular formula is C45H81NO2. The maximum atomic E-state index is 6.91. The van der Waals surface area contributed by atoms with E-state index in [-0.39, 0.29) is 5.79 Å². The van der Waals surface area contributed by atoms with E-state index in [0.29, 0.717) is 18.2 Å². The van der Waals surface area contributed by atoms with Gasteiger partial charge in [-0.25, -0.2) is 0 Å². The molecule has 3 nitrogen and oxygen atoms in total. The van der Waals surface area contributed by atoms with Crippen LogP contribution in [0.5, 0.6) is 0 Å². The minimum Gasteiger partial charge on any atom is -0.344 e. The normalized spacial score (nSPS) is 21.2. The zero-order valence-electron chi connectivity index (χ0n) is 32.6. The molecule has 3 heteroatoms. The van der Waals surface area contributed by atoms with Crippen LogP contribution in [0, 0.1) is 0 Å². The highest BCUT2D eigenvalue weighted by atomic mass is 16.8. The lowest BCUT2D eigenvalue weighted by Gasteiger charge is -2.33. The van der Waals surface area contributed by atoms with E-state index in [1.54, 1.807) is 0 Å². The van der Waals surface area contributed by atoms with Crippen molar-refractivity contribution in [2.75, 3.05) is 14.1 Å². The predicted octanol–water partition coefficient (Wildman–Crippen LogP) is 14.0. The monoisotopic (exact) mass is 668 g/mol. The van der Waals surface area contributed by atoms with E-state index in [0.717, 1.165) is 38.5 Å². The number of nitrogens with zero attached hydrogens (tertiary/aromatic N) is 1. The van der Waals surface area contributed by atoms with Crippen molar-refractivity contribution in [3.8, 4) is 0 Å². The van der Waals surface area contributed by atoms with Crippen LogP contribution in [0.3, 0.4) is 0 Å². The van der Waals surface area contributed by atoms with Crippen LogP contribution < -0.4 is 0 Å². The predicted molar refractivity (Wildman–Crippen MR) is 212 cm³/mol. The Balaban J connectivity index is 1.59. The number of ether oxygens (including phenoxy) is 2. The molecule has 2 rings (SSSR count). The van der Waals surface area contributed by atoms with Crippen LogP contribution in [0.1, 0.15) is 200 Å². The van der Waals surface area contributed by atoms with Gasteiger partial charge < -0.3 is 14.4 Å². The van der Waals surface area contributed by atoms with E-state index in [1.807, 2.05) is 0 Å². The second kappa shape index (κ2) is 29.6. The number of allylic oxidation sites excluding steroid dienone is 8. The molecule has 0 aromatic carbocycles. The van der Waals surface area contributed by atoms with Crippen molar-refractivity contribution < 1.29 is 9.47 Å². The second-order valence-electron chi connectivity index (χ2n) is 15.3. The molecule has 0 aromatic heterocycles. The van der Waals surface area contributed by atoms with E-state index in [1.165, 1.54) is 148 Å². The maximum Gasteiger partial charge on any atom is 0.169 e. The number of hydrogen-bond acceptors (Lipinski definition) is 3. The van der Waals surface area contributed by atoms with Gasteiger partial charge in [-0.05, 0) is 110 Å². The molecule has 1 saturated carbocycles. The van der Waals surface area contributed by atoms with Crippen LogP contribution in [-0.4, -0.2) is 43.0 Å². The lowest BCUT2D eigenvalue weighted by atomic mass is 9.90. The zero-order chi connectivity index (χ0) is 34.4. The molecule has 0 spiro atoms. The number of fused-ring (bicyclic) bond motifs is 1. The van der Waals surface area contributed by atoms with Crippen molar-refractivity contribution in [1.82, 2.24) is 4.90 Å². The summed E-state index contributed by atoms with van der Waals surface area (Å²) >= 11 is 0. The summed E-state index contributed by atoms with van der Waals surface area (Å²) in [5.41, 5.74) is 0. The summed E-state index contributed by atoms with van der Waals surface area (Å²) in [4.78, 5) is 2.39. The average Bonchev–Trinajstić information content (AvgIpc) is 3.45. The van der Waals surface area contributed by atoms with Gasteiger partial charge in [0.25, 0.3) is 0 Å². The molecule has 1 aliphatic carbocycles. The van der Waals surface area contributed by atoms with Crippen LogP contribution >= 0.6 is 0 Å². The lowest BCUT2D eigenvalue weighted by molar-refractivity contribution is -0.186. The van der Waals surface area contributed by atoms with Crippen LogP contribution in [0.25, 0.3) is 0 Å². The molecule has 0 N–H and O–H groups in total. The van der Waals surface area contributed by atoms with Crippen molar-refractivity contribution in [2.45, 2.75) is 224 Å². The fourth-order valence-corrected chi connectivity index (χ4v) is 7.51. The third-order valence-corrected chi connectivity index (χ3v) is 10.7. The number of unbranched alkanes of at least 4 members (excludes halogenated alkanes) is 18. The summed E-state index contributed by atoms with van der Waals surface area (Å²) in [7, 11) is 4.45. The fraction of sp³-hybridized carbons (Fsp3) is 0.822. The highest BCUT2D eigenvalue weighted by molar-refractivity contribution is 4.95. The van der Waals surface area contributed by atoms with E-state index >= 15 is 0 Å². The Hall–Kier alpha value is -1.16. The molecule has 0 amide bonds. The van der Waals surface area contributed by atoms with Crippen molar-refractivity contribution >= 4 is 0 Å². The molecule has 2 aliphatic rings. The Bertz CT molecular complexity index is 794. The Kier molecular flexibility index (Phi) is 26.5. The van der Waals surface area contributed by atoms with E-state index in [2.05, 4.69) is 81.5 Å². The van der Waals surface area contributed by atoms with Crippen molar-refractivity contribution in [3.63, 3.8) is 0 Å². The standard InChI is InChI=1S/C45H81NO2/c1-5-7-9-11-13-15-17-19-21-23-25-27-29-31-33-35-39-45(47-43-38-37-42(46(3)4)41-44(43)48-45)40-36-34-32-30-28-26-24-22-20-18-16-14-12-10-8-6-2/h13-16,19-22,42-44H,5-12,17-18,23-41H2,1-4H3/b15-13-,16-14-,21-19-,22-20-/t42-,43+,44-/m0/s1. The molecule has 1 saturated heterocycles. The van der Waals surface area contributed by atoms with Gasteiger partial charge in [0.1, 0.15) is 0 Å². The van der Waals surface area contributed by atoms with E-state index in [9.17, 15) is 0 Å². The van der Waals surface area contributed by atoms with E-state index < -0.39 is 0 Å². The van der Waals surface area contributed by atoms with Crippen LogP contribution in [-0.2, 0) is 9.47 Å². The summed E-state index contributed by atoms with van der Waals surface area (Å²) in [6, 6.07) is 0.634. The number of hydrogen-bond donors (Lipinski definition) is 0. The maximum absolute atomic E-state index is 6.91. The topological polar surface area (TPSA) is 21.7 Å². The highest BCUT2D eigenvalue weighted by Gasteiger charge is 2.49.